The largest absolute Gasteiger partial charge is 0.491 e. The van der Waals surface area contributed by atoms with Crippen molar-refractivity contribution in [3.05, 3.63) is 240 Å². The molecule has 0 bridgehead atoms. The summed E-state index contributed by atoms with van der Waals surface area (Å²) in [5, 5.41) is 3.86. The van der Waals surface area contributed by atoms with Crippen molar-refractivity contribution in [3.8, 4) is 34.5 Å². The second kappa shape index (κ2) is 24.9. The van der Waals surface area contributed by atoms with E-state index in [1.807, 2.05) is 158 Å². The van der Waals surface area contributed by atoms with Crippen molar-refractivity contribution in [2.24, 2.45) is 0 Å². The molecule has 418 valence electrons. The average molecular weight is 1100 g/mol. The molecule has 12 nitrogen and oxygen atoms in total. The molecule has 2 heterocycles. The molecule has 0 aliphatic carbocycles. The first kappa shape index (κ1) is 55.1. The van der Waals surface area contributed by atoms with Crippen LogP contribution >= 0.6 is 0 Å². The first-order valence-electron chi connectivity index (χ1n) is 27.8. The number of fused-ring (bicyclic) bond motifs is 2. The van der Waals surface area contributed by atoms with E-state index in [-0.39, 0.29) is 60.6 Å². The maximum Gasteiger partial charge on any atom is 0.338 e. The lowest BCUT2D eigenvalue weighted by atomic mass is 9.78. The van der Waals surface area contributed by atoms with Crippen LogP contribution in [0.2, 0.25) is 0 Å². The fraction of sp³-hybridized carbons (Fsp3) is 0.257. The fourth-order valence-corrected chi connectivity index (χ4v) is 9.74. The molecule has 4 unspecified atom stereocenters. The molecule has 2 saturated heterocycles. The maximum atomic E-state index is 14.2. The molecule has 0 aromatic heterocycles. The van der Waals surface area contributed by atoms with Gasteiger partial charge < -0.3 is 47.4 Å². The molecule has 2 fully saturated rings. The van der Waals surface area contributed by atoms with E-state index in [0.717, 1.165) is 68.5 Å². The Bertz CT molecular complexity index is 3360. The van der Waals surface area contributed by atoms with Gasteiger partial charge in [-0.05, 0) is 112 Å². The van der Waals surface area contributed by atoms with Gasteiger partial charge in [0.2, 0.25) is 0 Å². The summed E-state index contributed by atoms with van der Waals surface area (Å²) >= 11 is 0. The molecule has 9 aromatic rings. The van der Waals surface area contributed by atoms with Crippen LogP contribution in [0, 0.1) is 0 Å². The minimum absolute atomic E-state index is 0.0143. The Labute approximate surface area is 478 Å². The summed E-state index contributed by atoms with van der Waals surface area (Å²) < 4.78 is 60.0. The standard InChI is InChI=1S/C70H66O12/c1-69(2,51-22-30-55(31-23-51)73-39-59-41-77-59)53-26-34-57(35-27-53)75-43-61(45-79-65-20-10-14-47-12-5-7-18-63(47)65)81-67(71)49-16-9-17-50(38-49)68(72)82-62(46-80-66-21-11-15-48-13-6-8-19-64(48)66)44-76-58-36-28-54(29-37-58)70(3,4)52-24-32-56(33-25-52)74-40-60-42-78-60/h5-38,59-62H,39-46H2,1-4H3. The predicted octanol–water partition coefficient (Wildman–Crippen LogP) is 13.6. The van der Waals surface area contributed by atoms with Gasteiger partial charge in [0.25, 0.3) is 0 Å². The fourth-order valence-electron chi connectivity index (χ4n) is 9.74. The van der Waals surface area contributed by atoms with E-state index in [0.29, 0.717) is 36.2 Å². The zero-order chi connectivity index (χ0) is 56.5. The highest BCUT2D eigenvalue weighted by Gasteiger charge is 2.28. The van der Waals surface area contributed by atoms with Gasteiger partial charge in [-0.15, -0.1) is 0 Å². The Morgan fingerprint density at radius 2 is 0.720 bits per heavy atom. The summed E-state index contributed by atoms with van der Waals surface area (Å²) in [4.78, 5) is 28.3. The third-order valence-electron chi connectivity index (χ3n) is 15.1. The molecule has 2 aliphatic heterocycles. The molecule has 11 rings (SSSR count). The molecule has 2 aliphatic rings. The van der Waals surface area contributed by atoms with Gasteiger partial charge in [0.1, 0.15) is 86.3 Å². The zero-order valence-corrected chi connectivity index (χ0v) is 46.5. The van der Waals surface area contributed by atoms with E-state index < -0.39 is 24.1 Å². The highest BCUT2D eigenvalue weighted by atomic mass is 16.6. The Hall–Kier alpha value is -8.84. The van der Waals surface area contributed by atoms with E-state index in [1.165, 1.54) is 6.07 Å². The molecular formula is C70H66O12. The lowest BCUT2D eigenvalue weighted by Crippen LogP contribution is -2.32. The molecule has 4 atom stereocenters. The van der Waals surface area contributed by atoms with Crippen LogP contribution in [0.3, 0.4) is 0 Å². The van der Waals surface area contributed by atoms with Crippen LogP contribution in [0.4, 0.5) is 0 Å². The van der Waals surface area contributed by atoms with Gasteiger partial charge in [0, 0.05) is 21.6 Å². The Balaban J connectivity index is 0.763. The van der Waals surface area contributed by atoms with Crippen LogP contribution in [0.15, 0.2) is 206 Å². The minimum atomic E-state index is -0.863. The molecule has 0 radical (unpaired) electrons. The first-order chi connectivity index (χ1) is 39.9. The maximum absolute atomic E-state index is 14.2. The van der Waals surface area contributed by atoms with Gasteiger partial charge in [0.15, 0.2) is 12.2 Å². The molecule has 9 aromatic carbocycles. The Morgan fingerprint density at radius 1 is 0.402 bits per heavy atom. The van der Waals surface area contributed by atoms with Gasteiger partial charge in [-0.1, -0.05) is 155 Å². The molecule has 0 spiro atoms. The second-order valence-electron chi connectivity index (χ2n) is 21.7. The smallest absolute Gasteiger partial charge is 0.338 e. The van der Waals surface area contributed by atoms with Gasteiger partial charge in [-0.2, -0.15) is 0 Å². The predicted molar refractivity (Wildman–Crippen MR) is 315 cm³/mol. The number of rotatable bonds is 26. The zero-order valence-electron chi connectivity index (χ0n) is 46.5. The van der Waals surface area contributed by atoms with E-state index in [2.05, 4.69) is 52.0 Å². The van der Waals surface area contributed by atoms with Crippen LogP contribution in [0.1, 0.15) is 70.7 Å². The molecule has 82 heavy (non-hydrogen) atoms. The summed E-state index contributed by atoms with van der Waals surface area (Å²) in [5.74, 6) is 2.74. The van der Waals surface area contributed by atoms with Crippen molar-refractivity contribution in [3.63, 3.8) is 0 Å². The van der Waals surface area contributed by atoms with Gasteiger partial charge in [-0.25, -0.2) is 9.59 Å². The van der Waals surface area contributed by atoms with Gasteiger partial charge in [0.05, 0.1) is 24.3 Å². The summed E-state index contributed by atoms with van der Waals surface area (Å²) in [6.07, 6.45) is -1.35. The van der Waals surface area contributed by atoms with Crippen LogP contribution in [-0.4, -0.2) is 89.2 Å². The minimum Gasteiger partial charge on any atom is -0.491 e. The monoisotopic (exact) mass is 1100 g/mol. The van der Waals surface area contributed by atoms with Crippen LogP contribution in [0.5, 0.6) is 34.5 Å². The highest BCUT2D eigenvalue weighted by molar-refractivity contribution is 5.95. The Morgan fingerprint density at radius 3 is 1.09 bits per heavy atom. The average Bonchev–Trinajstić information content (AvgIpc) is 4.56. The topological polar surface area (TPSA) is 133 Å². The van der Waals surface area contributed by atoms with Gasteiger partial charge in [-0.3, -0.25) is 0 Å². The number of benzene rings is 9. The molecule has 0 amide bonds. The van der Waals surface area contributed by atoms with E-state index >= 15 is 0 Å². The van der Waals surface area contributed by atoms with E-state index in [4.69, 9.17) is 47.4 Å². The molecule has 12 heteroatoms. The Kier molecular flexibility index (Phi) is 16.7. The van der Waals surface area contributed by atoms with Crippen molar-refractivity contribution < 1.29 is 57.0 Å². The number of epoxide rings is 2. The number of carbonyl (C=O) groups excluding carboxylic acids is 2. The number of hydrogen-bond acceptors (Lipinski definition) is 12. The quantitative estimate of drug-likeness (QED) is 0.0377. The van der Waals surface area contributed by atoms with Crippen LogP contribution in [0.25, 0.3) is 21.5 Å². The number of ether oxygens (including phenoxy) is 10. The molecular weight excluding hydrogens is 1030 g/mol. The SMILES string of the molecule is CC(C)(c1ccc(OCC2CO2)cc1)c1ccc(OCC(COc2cccc3ccccc23)OC(=O)c2cccc(C(=O)OC(COc3ccc(C(C)(C)c4ccc(OCC5CO5)cc4)cc3)COc3cccc4ccccc34)c2)cc1. The van der Waals surface area contributed by atoms with Crippen LogP contribution in [-0.2, 0) is 29.8 Å². The van der Waals surface area contributed by atoms with Crippen molar-refractivity contribution >= 4 is 33.5 Å². The van der Waals surface area contributed by atoms with Crippen molar-refractivity contribution in [1.29, 1.82) is 0 Å². The number of carbonyl (C=O) groups is 2. The normalized spacial score (nSPS) is 15.4. The lowest BCUT2D eigenvalue weighted by molar-refractivity contribution is 0.00231. The van der Waals surface area contributed by atoms with E-state index in [1.54, 1.807) is 18.2 Å². The van der Waals surface area contributed by atoms with Crippen molar-refractivity contribution in [2.75, 3.05) is 52.9 Å². The van der Waals surface area contributed by atoms with Gasteiger partial charge >= 0.3 is 11.9 Å². The van der Waals surface area contributed by atoms with Crippen molar-refractivity contribution in [2.45, 2.75) is 62.9 Å². The van der Waals surface area contributed by atoms with Crippen LogP contribution < -0.4 is 28.4 Å². The third-order valence-corrected chi connectivity index (χ3v) is 15.1. The first-order valence-corrected chi connectivity index (χ1v) is 27.8. The molecule has 0 N–H and O–H groups in total. The number of esters is 2. The third kappa shape index (κ3) is 13.8. The number of hydrogen-bond donors (Lipinski definition) is 0. The second-order valence-corrected chi connectivity index (χ2v) is 21.7. The lowest BCUT2D eigenvalue weighted by Gasteiger charge is -2.26. The van der Waals surface area contributed by atoms with Crippen molar-refractivity contribution in [1.82, 2.24) is 0 Å². The highest BCUT2D eigenvalue weighted by Crippen LogP contribution is 2.36. The summed E-state index contributed by atoms with van der Waals surface area (Å²) in [7, 11) is 0. The summed E-state index contributed by atoms with van der Waals surface area (Å²) in [6, 6.07) is 65.9. The summed E-state index contributed by atoms with van der Waals surface area (Å²) in [6.45, 7) is 11.2. The molecule has 0 saturated carbocycles. The summed E-state index contributed by atoms with van der Waals surface area (Å²) in [5.41, 5.74) is 4.10. The van der Waals surface area contributed by atoms with E-state index in [9.17, 15) is 9.59 Å².